The first-order chi connectivity index (χ1) is 51.4. The van der Waals surface area contributed by atoms with Gasteiger partial charge in [-0.2, -0.15) is 0 Å². The summed E-state index contributed by atoms with van der Waals surface area (Å²) >= 11 is 5.34. The van der Waals surface area contributed by atoms with E-state index in [1.807, 2.05) is 38.1 Å². The van der Waals surface area contributed by atoms with E-state index < -0.39 is 218 Å². The maximum atomic E-state index is 13.5. The summed E-state index contributed by atoms with van der Waals surface area (Å²) < 4.78 is 0. The number of carboxylic acids is 4. The highest BCUT2D eigenvalue weighted by molar-refractivity contribution is 7.29. The van der Waals surface area contributed by atoms with Crippen molar-refractivity contribution >= 4 is 146 Å². The van der Waals surface area contributed by atoms with Crippen LogP contribution in [-0.2, 0) is 71.9 Å². The number of hydrogen-bond acceptors (Lipinski definition) is 21. The predicted molar refractivity (Wildman–Crippen MR) is 407 cm³/mol. The van der Waals surface area contributed by atoms with Gasteiger partial charge in [-0.25, -0.2) is 9.59 Å². The molecule has 0 aliphatic carbocycles. The molecule has 16 N–H and O–H groups in total. The van der Waals surface area contributed by atoms with E-state index in [9.17, 15) is 102 Å². The van der Waals surface area contributed by atoms with Crippen LogP contribution in [-0.4, -0.2) is 196 Å². The van der Waals surface area contributed by atoms with Crippen LogP contribution in [0.1, 0.15) is 166 Å². The van der Waals surface area contributed by atoms with Crippen molar-refractivity contribution in [2.24, 2.45) is 29.6 Å². The van der Waals surface area contributed by atoms with Gasteiger partial charge in [-0.3, -0.25) is 71.9 Å². The Morgan fingerprint density at radius 3 is 1.07 bits per heavy atom. The first kappa shape index (κ1) is 91.4. The summed E-state index contributed by atoms with van der Waals surface area (Å²) in [4.78, 5) is 225. The van der Waals surface area contributed by atoms with Crippen LogP contribution in [0.2, 0.25) is 0 Å². The smallest absolute Gasteiger partial charge is 0.326 e. The summed E-state index contributed by atoms with van der Waals surface area (Å²) in [5, 5.41) is 67.3. The molecule has 37 heteroatoms. The molecule has 598 valence electrons. The average molecular weight is 1600 g/mol. The lowest BCUT2D eigenvalue weighted by atomic mass is 9.97. The molecule has 33 nitrogen and oxygen atoms in total. The summed E-state index contributed by atoms with van der Waals surface area (Å²) in [7, 11) is 0. The highest BCUT2D eigenvalue weighted by atomic mass is 32.1. The molecule has 0 bridgehead atoms. The SMILES string of the molecule is CCCCC[C@H](NC(=O)CNC(=O)c1ccc(-c2ccc(-c3ccc(-c4ccc(C(=O)NCC(=O)N[C@@H](CCCCC)C(=O)NCC(=O)N[C@H](C(=O)C(=O)NC[C@@H](CCC(=O)O)C(=O)N[C@H](C(=O)O)C(C)C)C(C)C)s4)s3)s2)s1)C(=O)NCC(=O)N[C@H](C(=O)N[C@@H](CCC(=O)O)C(=O)N[C@H](C(=O)O)C(C)C)C(C)C. The fourth-order valence-corrected chi connectivity index (χ4v) is 14.8. The van der Waals surface area contributed by atoms with Crippen LogP contribution in [0.15, 0.2) is 48.5 Å². The van der Waals surface area contributed by atoms with Crippen molar-refractivity contribution in [1.29, 1.82) is 0 Å². The molecule has 0 radical (unpaired) electrons. The molecule has 0 saturated carbocycles. The molecule has 0 aliphatic rings. The van der Waals surface area contributed by atoms with Crippen molar-refractivity contribution in [2.45, 2.75) is 189 Å². The van der Waals surface area contributed by atoms with E-state index in [0.29, 0.717) is 35.4 Å². The molecule has 4 aromatic rings. The number of unbranched alkanes of at least 4 members (excludes halogenated alkanes) is 4. The number of amides is 12. The van der Waals surface area contributed by atoms with Crippen molar-refractivity contribution in [3.63, 3.8) is 0 Å². The number of ketones is 1. The quantitative estimate of drug-likeness (QED) is 0.0219. The van der Waals surface area contributed by atoms with E-state index in [2.05, 4.69) is 63.8 Å². The number of Topliss-reactive ketones (excluding diaryl/α,β-unsaturated/α-hetero) is 1. The molecule has 0 saturated heterocycles. The van der Waals surface area contributed by atoms with Gasteiger partial charge in [0.1, 0.15) is 36.3 Å². The molecule has 0 fully saturated rings. The Kier molecular flexibility index (Phi) is 38.3. The van der Waals surface area contributed by atoms with Crippen molar-refractivity contribution in [3.05, 3.63) is 58.3 Å². The van der Waals surface area contributed by atoms with E-state index in [1.54, 1.807) is 65.8 Å². The van der Waals surface area contributed by atoms with E-state index in [4.69, 9.17) is 0 Å². The fourth-order valence-electron chi connectivity index (χ4n) is 10.6. The van der Waals surface area contributed by atoms with Crippen molar-refractivity contribution in [1.82, 2.24) is 63.8 Å². The molecule has 8 atom stereocenters. The van der Waals surface area contributed by atoms with Gasteiger partial charge in [0.25, 0.3) is 17.7 Å². The van der Waals surface area contributed by atoms with Gasteiger partial charge in [0.05, 0.1) is 47.9 Å². The molecular formula is C72H100N12O21S4. The topological polar surface area (TPSA) is 515 Å². The molecule has 12 amide bonds. The second-order valence-electron chi connectivity index (χ2n) is 27.1. The predicted octanol–water partition coefficient (Wildman–Crippen LogP) is 4.00. The van der Waals surface area contributed by atoms with Gasteiger partial charge in [0, 0.05) is 48.6 Å². The zero-order valence-corrected chi connectivity index (χ0v) is 65.7. The summed E-state index contributed by atoms with van der Waals surface area (Å²) in [6.07, 6.45) is 2.64. The van der Waals surface area contributed by atoms with Crippen LogP contribution in [0.25, 0.3) is 29.3 Å². The van der Waals surface area contributed by atoms with E-state index in [0.717, 1.165) is 42.1 Å². The number of rotatable bonds is 49. The Hall–Kier alpha value is -10.0. The minimum Gasteiger partial charge on any atom is -0.481 e. The number of carbonyl (C=O) groups is 17. The molecule has 0 unspecified atom stereocenters. The Bertz CT molecular complexity index is 3880. The second kappa shape index (κ2) is 45.7. The third-order valence-corrected chi connectivity index (χ3v) is 21.8. The van der Waals surface area contributed by atoms with Gasteiger partial charge in [-0.05, 0) is 97.9 Å². The molecule has 4 rings (SSSR count). The summed E-state index contributed by atoms with van der Waals surface area (Å²) in [5.41, 5.74) is 0. The monoisotopic (exact) mass is 1600 g/mol. The number of hydrogen-bond donors (Lipinski definition) is 16. The number of thiophene rings is 4. The zero-order valence-electron chi connectivity index (χ0n) is 62.4. The molecule has 0 aromatic carbocycles. The first-order valence-electron chi connectivity index (χ1n) is 35.8. The van der Waals surface area contributed by atoms with Gasteiger partial charge in [0.2, 0.25) is 58.9 Å². The fraction of sp³-hybridized carbons (Fsp3) is 0.542. The van der Waals surface area contributed by atoms with Crippen molar-refractivity contribution in [2.75, 3.05) is 32.7 Å². The summed E-state index contributed by atoms with van der Waals surface area (Å²) in [5.74, 6) is -19.4. The molecule has 109 heavy (non-hydrogen) atoms. The van der Waals surface area contributed by atoms with E-state index in [-0.39, 0.29) is 25.7 Å². The lowest BCUT2D eigenvalue weighted by molar-refractivity contribution is -0.144. The zero-order chi connectivity index (χ0) is 81.4. The summed E-state index contributed by atoms with van der Waals surface area (Å²) in [6.45, 7) is 13.5. The minimum absolute atomic E-state index is 0.174. The lowest BCUT2D eigenvalue weighted by Crippen LogP contribution is -2.58. The maximum Gasteiger partial charge on any atom is 0.326 e. The molecule has 0 spiro atoms. The Morgan fingerprint density at radius 1 is 0.339 bits per heavy atom. The number of nitrogens with one attached hydrogen (secondary N) is 12. The Morgan fingerprint density at radius 2 is 0.688 bits per heavy atom. The van der Waals surface area contributed by atoms with Gasteiger partial charge in [0.15, 0.2) is 0 Å². The average Bonchev–Trinajstić information content (AvgIpc) is 1.67. The highest BCUT2D eigenvalue weighted by Gasteiger charge is 2.36. The largest absolute Gasteiger partial charge is 0.481 e. The van der Waals surface area contributed by atoms with Crippen LogP contribution in [0.4, 0.5) is 0 Å². The third-order valence-electron chi connectivity index (χ3n) is 16.8. The lowest BCUT2D eigenvalue weighted by Gasteiger charge is -2.27. The number of aliphatic carboxylic acids is 4. The standard InChI is InChI=1S/C72H100N12O21S4/c1-11-13-15-17-41(64(95)74-34-54(87)81-58(36(3)4)62(93)70(101)73-31-40(19-29-56(89)90)63(94)83-60(38(7)8)71(102)103)78-52(85)32-76-67(98)50-27-25-48(108-50)46-23-21-44(106-46)45-22-24-47(107-45)49-26-28-51(109-49)68(99)77-33-53(86)79-42(18-16-14-12-2)65(96)75-35-55(88)82-59(37(5)6)69(100)80-43(20-30-57(91)92)66(97)84-61(39(9)10)72(104)105/h21-28,36-43,58-61H,11-20,29-35H2,1-10H3,(H,73,101)(H,74,95)(H,75,96)(H,76,98)(H,77,99)(H,78,85)(H,79,86)(H,80,100)(H,81,87)(H,82,88)(H,83,94)(H,84,97)(H,89,90)(H,91,92)(H,102,103)(H,104,105)/t40-,41+,42+,43+,58+,59+,60+,61+/m1/s1. The Balaban J connectivity index is 1.29. The first-order valence-corrected chi connectivity index (χ1v) is 39.0. The van der Waals surface area contributed by atoms with Crippen LogP contribution >= 0.6 is 45.3 Å². The van der Waals surface area contributed by atoms with E-state index in [1.165, 1.54) is 59.2 Å². The van der Waals surface area contributed by atoms with Crippen LogP contribution < -0.4 is 63.8 Å². The Labute approximate surface area is 646 Å². The highest BCUT2D eigenvalue weighted by Crippen LogP contribution is 2.43. The van der Waals surface area contributed by atoms with Gasteiger partial charge in [-0.1, -0.05) is 108 Å². The second-order valence-corrected chi connectivity index (χ2v) is 31.4. The molecule has 4 heterocycles. The van der Waals surface area contributed by atoms with Gasteiger partial charge in [-0.15, -0.1) is 45.3 Å². The van der Waals surface area contributed by atoms with Crippen molar-refractivity contribution in [3.8, 4) is 29.3 Å². The molecular weight excluding hydrogens is 1500 g/mol. The number of carboxylic acid groups (broad SMARTS) is 4. The van der Waals surface area contributed by atoms with Crippen LogP contribution in [0.5, 0.6) is 0 Å². The normalized spacial score (nSPS) is 13.4. The van der Waals surface area contributed by atoms with Crippen molar-refractivity contribution < 1.29 is 102 Å². The third kappa shape index (κ3) is 30.9. The van der Waals surface area contributed by atoms with Gasteiger partial charge < -0.3 is 84.2 Å². The molecule has 4 aromatic heterocycles. The van der Waals surface area contributed by atoms with Crippen LogP contribution in [0.3, 0.4) is 0 Å². The number of carbonyl (C=O) groups excluding carboxylic acids is 13. The maximum absolute atomic E-state index is 13.5. The summed E-state index contributed by atoms with van der Waals surface area (Å²) in [6, 6.07) is 5.40. The van der Waals surface area contributed by atoms with Gasteiger partial charge >= 0.3 is 23.9 Å². The van der Waals surface area contributed by atoms with E-state index >= 15 is 0 Å². The molecule has 0 aliphatic heterocycles. The minimum atomic E-state index is -1.47. The van der Waals surface area contributed by atoms with Crippen LogP contribution in [0, 0.1) is 29.6 Å².